The van der Waals surface area contributed by atoms with Crippen LogP contribution in [-0.4, -0.2) is 15.3 Å². The Morgan fingerprint density at radius 2 is 1.33 bits per heavy atom. The van der Waals surface area contributed by atoms with Gasteiger partial charge in [0.15, 0.2) is 11.5 Å². The third-order valence-corrected chi connectivity index (χ3v) is 5.88. The van der Waals surface area contributed by atoms with Crippen molar-refractivity contribution in [3.8, 4) is 40.2 Å². The number of aryl methyl sites for hydroxylation is 3. The molecule has 0 radical (unpaired) electrons. The molecule has 5 heteroatoms. The largest absolute Gasteiger partial charge is 0.508 e. The van der Waals surface area contributed by atoms with Gasteiger partial charge in [0.25, 0.3) is 0 Å². The van der Waals surface area contributed by atoms with E-state index in [1.807, 2.05) is 54.6 Å². The summed E-state index contributed by atoms with van der Waals surface area (Å²) in [6.07, 6.45) is 2.49. The molecule has 166 valence electrons. The Bertz CT molecular complexity index is 1290. The molecule has 0 amide bonds. The van der Waals surface area contributed by atoms with Crippen LogP contribution in [0.2, 0.25) is 0 Å². The summed E-state index contributed by atoms with van der Waals surface area (Å²) in [5, 5.41) is 31.1. The molecule has 0 unspecified atom stereocenters. The Kier molecular flexibility index (Phi) is 5.53. The van der Waals surface area contributed by atoms with E-state index in [0.29, 0.717) is 47.8 Å². The number of fused-ring (bicyclic) bond motifs is 4. The van der Waals surface area contributed by atoms with Gasteiger partial charge in [-0.15, -0.1) is 0 Å². The summed E-state index contributed by atoms with van der Waals surface area (Å²) in [4.78, 5) is 0. The van der Waals surface area contributed by atoms with Crippen molar-refractivity contribution in [3.63, 3.8) is 0 Å². The zero-order chi connectivity index (χ0) is 22.8. The Morgan fingerprint density at radius 3 is 2.18 bits per heavy atom. The molecule has 0 saturated carbocycles. The summed E-state index contributed by atoms with van der Waals surface area (Å²) >= 11 is 0. The first kappa shape index (κ1) is 20.8. The summed E-state index contributed by atoms with van der Waals surface area (Å²) in [7, 11) is 0. The Morgan fingerprint density at radius 1 is 0.545 bits per heavy atom. The van der Waals surface area contributed by atoms with Gasteiger partial charge in [0, 0.05) is 17.2 Å². The first-order chi connectivity index (χ1) is 16.0. The molecule has 0 atom stereocenters. The van der Waals surface area contributed by atoms with Crippen LogP contribution in [0.5, 0.6) is 40.2 Å². The van der Waals surface area contributed by atoms with Gasteiger partial charge in [0.05, 0.1) is 0 Å². The first-order valence-corrected chi connectivity index (χ1v) is 10.9. The van der Waals surface area contributed by atoms with E-state index in [4.69, 9.17) is 9.47 Å². The van der Waals surface area contributed by atoms with Crippen LogP contribution >= 0.6 is 0 Å². The van der Waals surface area contributed by atoms with Gasteiger partial charge in [-0.05, 0) is 79.3 Å². The monoisotopic (exact) mass is 440 g/mol. The lowest BCUT2D eigenvalue weighted by Gasteiger charge is -2.15. The molecule has 4 aromatic carbocycles. The lowest BCUT2D eigenvalue weighted by atomic mass is 10.0. The fraction of sp³-hybridized carbons (Fsp3) is 0.143. The number of phenols is 3. The Labute approximate surface area is 192 Å². The summed E-state index contributed by atoms with van der Waals surface area (Å²) in [6, 6.07) is 23.9. The van der Waals surface area contributed by atoms with E-state index in [0.717, 1.165) is 23.1 Å². The number of hydrogen-bond donors (Lipinski definition) is 3. The smallest absolute Gasteiger partial charge is 0.161 e. The van der Waals surface area contributed by atoms with Crippen molar-refractivity contribution in [2.75, 3.05) is 0 Å². The molecule has 0 aromatic heterocycles. The maximum atomic E-state index is 10.5. The fourth-order valence-electron chi connectivity index (χ4n) is 4.10. The summed E-state index contributed by atoms with van der Waals surface area (Å²) < 4.78 is 12.1. The predicted molar refractivity (Wildman–Crippen MR) is 126 cm³/mol. The molecule has 33 heavy (non-hydrogen) atoms. The number of phenolic OH excluding ortho intramolecular Hbond substituents is 3. The van der Waals surface area contributed by atoms with Gasteiger partial charge < -0.3 is 24.8 Å². The second-order valence-corrected chi connectivity index (χ2v) is 8.20. The molecule has 5 nitrogen and oxygen atoms in total. The van der Waals surface area contributed by atoms with Crippen LogP contribution in [0.4, 0.5) is 0 Å². The maximum Gasteiger partial charge on any atom is 0.161 e. The molecule has 0 fully saturated rings. The lowest BCUT2D eigenvalue weighted by Crippen LogP contribution is -1.98. The van der Waals surface area contributed by atoms with E-state index in [9.17, 15) is 15.3 Å². The molecule has 2 heterocycles. The molecular weight excluding hydrogens is 416 g/mol. The second kappa shape index (κ2) is 8.79. The van der Waals surface area contributed by atoms with Crippen LogP contribution in [0.3, 0.4) is 0 Å². The molecule has 6 bridgehead atoms. The minimum Gasteiger partial charge on any atom is -0.508 e. The van der Waals surface area contributed by atoms with E-state index in [-0.39, 0.29) is 17.2 Å². The molecule has 0 aliphatic carbocycles. The number of aromatic hydroxyl groups is 3. The quantitative estimate of drug-likeness (QED) is 0.281. The van der Waals surface area contributed by atoms with Crippen molar-refractivity contribution < 1.29 is 24.8 Å². The van der Waals surface area contributed by atoms with Crippen LogP contribution in [0, 0.1) is 0 Å². The number of ether oxygens (including phenoxy) is 2. The summed E-state index contributed by atoms with van der Waals surface area (Å²) in [5.41, 5.74) is 3.48. The average molecular weight is 440 g/mol. The van der Waals surface area contributed by atoms with E-state index in [2.05, 4.69) is 0 Å². The minimum atomic E-state index is -0.206. The van der Waals surface area contributed by atoms with E-state index in [1.165, 1.54) is 6.07 Å². The maximum absolute atomic E-state index is 10.5. The number of benzene rings is 4. The third-order valence-electron chi connectivity index (χ3n) is 5.88. The lowest BCUT2D eigenvalue weighted by molar-refractivity contribution is 0.393. The van der Waals surface area contributed by atoms with E-state index >= 15 is 0 Å². The molecule has 6 rings (SSSR count). The van der Waals surface area contributed by atoms with Crippen LogP contribution in [0.25, 0.3) is 0 Å². The van der Waals surface area contributed by atoms with Crippen molar-refractivity contribution in [1.82, 2.24) is 0 Å². The molecular formula is C28H24O5. The van der Waals surface area contributed by atoms with Crippen molar-refractivity contribution >= 4 is 0 Å². The standard InChI is InChI=1S/C28H24O5/c29-25-5-2-6-27-24(25)14-10-18-8-12-21(13-9-18)32-23-16-20(28(31)26(30)17-23)11-7-19-3-1-4-22(15-19)33-27/h1-6,8-9,12-13,15-17,29-31H,7,10-11,14H2. The molecule has 0 spiro atoms. The third kappa shape index (κ3) is 4.58. The highest BCUT2D eigenvalue weighted by Crippen LogP contribution is 2.37. The van der Waals surface area contributed by atoms with E-state index < -0.39 is 0 Å². The zero-order valence-electron chi connectivity index (χ0n) is 18.0. The van der Waals surface area contributed by atoms with Crippen LogP contribution in [0.15, 0.2) is 78.9 Å². The van der Waals surface area contributed by atoms with Gasteiger partial charge in [0.1, 0.15) is 28.7 Å². The number of hydrogen-bond acceptors (Lipinski definition) is 5. The number of rotatable bonds is 0. The van der Waals surface area contributed by atoms with Crippen molar-refractivity contribution in [3.05, 3.63) is 101 Å². The summed E-state index contributed by atoms with van der Waals surface area (Å²) in [5.74, 6) is 2.27. The highest BCUT2D eigenvalue weighted by molar-refractivity contribution is 5.52. The van der Waals surface area contributed by atoms with Crippen molar-refractivity contribution in [2.45, 2.75) is 25.7 Å². The minimum absolute atomic E-state index is 0.135. The molecule has 0 saturated heterocycles. The predicted octanol–water partition coefficient (Wildman–Crippen LogP) is 6.27. The molecule has 2 aliphatic heterocycles. The van der Waals surface area contributed by atoms with Gasteiger partial charge in [-0.25, -0.2) is 0 Å². The van der Waals surface area contributed by atoms with Crippen LogP contribution < -0.4 is 9.47 Å². The van der Waals surface area contributed by atoms with Gasteiger partial charge in [0.2, 0.25) is 0 Å². The normalized spacial score (nSPS) is 13.2. The van der Waals surface area contributed by atoms with Crippen LogP contribution in [-0.2, 0) is 25.7 Å². The van der Waals surface area contributed by atoms with Crippen LogP contribution in [0.1, 0.15) is 22.3 Å². The van der Waals surface area contributed by atoms with Crippen molar-refractivity contribution in [1.29, 1.82) is 0 Å². The topological polar surface area (TPSA) is 79.2 Å². The van der Waals surface area contributed by atoms with Gasteiger partial charge in [-0.1, -0.05) is 30.3 Å². The van der Waals surface area contributed by atoms with Crippen molar-refractivity contribution in [2.24, 2.45) is 0 Å². The molecule has 3 N–H and O–H groups in total. The highest BCUT2D eigenvalue weighted by Gasteiger charge is 2.14. The van der Waals surface area contributed by atoms with E-state index in [1.54, 1.807) is 18.2 Å². The Hall–Kier alpha value is -4.12. The van der Waals surface area contributed by atoms with Gasteiger partial charge in [-0.2, -0.15) is 0 Å². The average Bonchev–Trinajstić information content (AvgIpc) is 2.81. The fourth-order valence-corrected chi connectivity index (χ4v) is 4.10. The highest BCUT2D eigenvalue weighted by atomic mass is 16.5. The first-order valence-electron chi connectivity index (χ1n) is 10.9. The molecule has 2 aliphatic rings. The Balaban J connectivity index is 1.55. The van der Waals surface area contributed by atoms with Gasteiger partial charge in [-0.3, -0.25) is 0 Å². The van der Waals surface area contributed by atoms with Gasteiger partial charge >= 0.3 is 0 Å². The SMILES string of the molecule is Oc1cc2cc(c1O)CCc1cccc(c1)Oc1cccc(O)c1CCc1ccc(cc1)O2. The summed E-state index contributed by atoms with van der Waals surface area (Å²) in [6.45, 7) is 0. The zero-order valence-corrected chi connectivity index (χ0v) is 18.0. The molecule has 4 aromatic rings. The second-order valence-electron chi connectivity index (χ2n) is 8.20.